The van der Waals surface area contributed by atoms with Crippen LogP contribution in [0.5, 0.6) is 0 Å². The molecule has 0 saturated carbocycles. The number of fused-ring (bicyclic) bond motifs is 1. The molecule has 6 N–H and O–H groups in total. The smallest absolute Gasteiger partial charge is 0.224 e. The summed E-state index contributed by atoms with van der Waals surface area (Å²) in [6.45, 7) is 0. The van der Waals surface area contributed by atoms with E-state index in [4.69, 9.17) is 23.2 Å². The first-order valence-corrected chi connectivity index (χ1v) is 3.74. The second-order valence-electron chi connectivity index (χ2n) is 2.35. The van der Waals surface area contributed by atoms with Gasteiger partial charge in [0.05, 0.1) is 0 Å². The minimum absolute atomic E-state index is 0.0811. The third-order valence-corrected chi connectivity index (χ3v) is 1.66. The van der Waals surface area contributed by atoms with Crippen LogP contribution in [0.15, 0.2) is 0 Å². The number of rotatable bonds is 1. The van der Waals surface area contributed by atoms with Crippen molar-refractivity contribution in [3.63, 3.8) is 0 Å². The number of hydrogen-bond donors (Lipinski definition) is 4. The molecule has 0 bridgehead atoms. The maximum absolute atomic E-state index is 5.55. The third-order valence-electron chi connectivity index (χ3n) is 1.49. The third kappa shape index (κ3) is 1.18. The van der Waals surface area contributed by atoms with Crippen molar-refractivity contribution in [3.8, 4) is 0 Å². The summed E-state index contributed by atoms with van der Waals surface area (Å²) in [6, 6.07) is 0. The van der Waals surface area contributed by atoms with Gasteiger partial charge < -0.3 is 16.5 Å². The maximum atomic E-state index is 5.55. The average molecular weight is 200 g/mol. The van der Waals surface area contributed by atoms with Gasteiger partial charge in [0.2, 0.25) is 11.9 Å². The van der Waals surface area contributed by atoms with Crippen LogP contribution < -0.4 is 16.3 Å². The SMILES string of the molecule is Nc1nc(N)c2[nH]c(NCl)nc2n1. The first kappa shape index (κ1) is 7.87. The van der Waals surface area contributed by atoms with Gasteiger partial charge in [-0.2, -0.15) is 15.0 Å². The molecule has 13 heavy (non-hydrogen) atoms. The Morgan fingerprint density at radius 1 is 1.23 bits per heavy atom. The summed E-state index contributed by atoms with van der Waals surface area (Å²) in [7, 11) is 0. The molecule has 2 aromatic heterocycles. The largest absolute Gasteiger partial charge is 0.382 e. The monoisotopic (exact) mass is 199 g/mol. The predicted octanol–water partition coefficient (Wildman–Crippen LogP) is 0.0830. The van der Waals surface area contributed by atoms with Gasteiger partial charge in [-0.1, -0.05) is 0 Å². The summed E-state index contributed by atoms with van der Waals surface area (Å²) >= 11 is 5.33. The van der Waals surface area contributed by atoms with Gasteiger partial charge in [-0.25, -0.2) is 0 Å². The van der Waals surface area contributed by atoms with Gasteiger partial charge in [0.25, 0.3) is 0 Å². The highest BCUT2D eigenvalue weighted by Crippen LogP contribution is 2.17. The van der Waals surface area contributed by atoms with Crippen LogP contribution in [-0.2, 0) is 0 Å². The number of nitrogens with two attached hydrogens (primary N) is 2. The number of imidazole rings is 1. The van der Waals surface area contributed by atoms with Crippen LogP contribution >= 0.6 is 11.8 Å². The van der Waals surface area contributed by atoms with E-state index in [9.17, 15) is 0 Å². The van der Waals surface area contributed by atoms with Crippen LogP contribution in [0.1, 0.15) is 0 Å². The summed E-state index contributed by atoms with van der Waals surface area (Å²) < 4.78 is 0. The molecular weight excluding hydrogens is 194 g/mol. The van der Waals surface area contributed by atoms with Gasteiger partial charge in [0.1, 0.15) is 5.52 Å². The number of nitrogen functional groups attached to an aromatic ring is 2. The Hall–Kier alpha value is -1.76. The van der Waals surface area contributed by atoms with Crippen molar-refractivity contribution in [1.29, 1.82) is 0 Å². The Morgan fingerprint density at radius 3 is 2.69 bits per heavy atom. The van der Waals surface area contributed by atoms with Gasteiger partial charge in [-0.15, -0.1) is 0 Å². The van der Waals surface area contributed by atoms with Crippen LogP contribution in [0.4, 0.5) is 17.7 Å². The molecule has 0 saturated heterocycles. The van der Waals surface area contributed by atoms with E-state index in [-0.39, 0.29) is 11.8 Å². The Morgan fingerprint density at radius 2 is 2.00 bits per heavy atom. The van der Waals surface area contributed by atoms with Crippen molar-refractivity contribution < 1.29 is 0 Å². The number of hydrogen-bond acceptors (Lipinski definition) is 6. The molecule has 0 radical (unpaired) electrons. The zero-order valence-electron chi connectivity index (χ0n) is 6.37. The molecule has 0 aliphatic rings. The molecule has 0 unspecified atom stereocenters. The van der Waals surface area contributed by atoms with Crippen molar-refractivity contribution in [2.75, 3.05) is 16.3 Å². The minimum Gasteiger partial charge on any atom is -0.382 e. The van der Waals surface area contributed by atoms with Crippen LogP contribution in [0.25, 0.3) is 11.2 Å². The van der Waals surface area contributed by atoms with E-state index >= 15 is 0 Å². The topological polar surface area (TPSA) is 119 Å². The van der Waals surface area contributed by atoms with Crippen LogP contribution in [0, 0.1) is 0 Å². The second kappa shape index (κ2) is 2.63. The molecule has 2 aromatic rings. The summed E-state index contributed by atoms with van der Waals surface area (Å²) in [5.74, 6) is 0.675. The highest BCUT2D eigenvalue weighted by Gasteiger charge is 2.08. The first-order valence-electron chi connectivity index (χ1n) is 3.36. The van der Waals surface area contributed by atoms with Crippen molar-refractivity contribution in [2.24, 2.45) is 0 Å². The highest BCUT2D eigenvalue weighted by molar-refractivity contribution is 6.23. The van der Waals surface area contributed by atoms with Gasteiger partial charge >= 0.3 is 0 Å². The van der Waals surface area contributed by atoms with E-state index in [2.05, 4.69) is 24.8 Å². The maximum Gasteiger partial charge on any atom is 0.224 e. The fraction of sp³-hybridized carbons (Fsp3) is 0. The Kier molecular flexibility index (Phi) is 1.59. The molecule has 8 heteroatoms. The number of nitrogens with zero attached hydrogens (tertiary/aromatic N) is 3. The normalized spacial score (nSPS) is 10.5. The summed E-state index contributed by atoms with van der Waals surface area (Å²) in [6.07, 6.45) is 0. The predicted molar refractivity (Wildman–Crippen MR) is 50.0 cm³/mol. The lowest BCUT2D eigenvalue weighted by Crippen LogP contribution is -1.99. The molecule has 0 aromatic carbocycles. The van der Waals surface area contributed by atoms with Crippen LogP contribution in [0.2, 0.25) is 0 Å². The molecular formula is C5H6ClN7. The van der Waals surface area contributed by atoms with E-state index in [1.807, 2.05) is 0 Å². The van der Waals surface area contributed by atoms with Crippen molar-refractivity contribution in [2.45, 2.75) is 0 Å². The average Bonchev–Trinajstić information content (AvgIpc) is 2.47. The van der Waals surface area contributed by atoms with Gasteiger partial charge in [-0.05, 0) is 0 Å². The second-order valence-corrected chi connectivity index (χ2v) is 2.53. The van der Waals surface area contributed by atoms with Crippen molar-refractivity contribution in [3.05, 3.63) is 0 Å². The molecule has 2 heterocycles. The van der Waals surface area contributed by atoms with E-state index in [0.717, 1.165) is 0 Å². The zero-order chi connectivity index (χ0) is 9.42. The number of H-pyrrole nitrogens is 1. The molecule has 2 rings (SSSR count). The molecule has 0 spiro atoms. The lowest BCUT2D eigenvalue weighted by molar-refractivity contribution is 1.22. The van der Waals surface area contributed by atoms with E-state index in [1.54, 1.807) is 0 Å². The fourth-order valence-electron chi connectivity index (χ4n) is 0.981. The molecule has 0 aliphatic heterocycles. The lowest BCUT2D eigenvalue weighted by atomic mass is 10.5. The molecule has 0 atom stereocenters. The number of aromatic amines is 1. The van der Waals surface area contributed by atoms with E-state index < -0.39 is 0 Å². The number of halogens is 1. The van der Waals surface area contributed by atoms with Crippen LogP contribution in [0.3, 0.4) is 0 Å². The molecule has 0 fully saturated rings. The van der Waals surface area contributed by atoms with E-state index in [0.29, 0.717) is 17.1 Å². The molecule has 0 amide bonds. The van der Waals surface area contributed by atoms with E-state index in [1.165, 1.54) is 0 Å². The minimum atomic E-state index is 0.0811. The molecule has 68 valence electrons. The molecule has 0 aliphatic carbocycles. The van der Waals surface area contributed by atoms with Crippen molar-refractivity contribution in [1.82, 2.24) is 19.9 Å². The standard InChI is InChI=1S/C5H6ClN7/c6-13-5-9-1-2(7)10-4(8)11-3(1)12-5/h(H6,7,8,9,10,11,12,13). The summed E-state index contributed by atoms with van der Waals surface area (Å²) in [5, 5.41) is 0. The first-order chi connectivity index (χ1) is 6.20. The number of anilines is 3. The highest BCUT2D eigenvalue weighted by atomic mass is 35.5. The van der Waals surface area contributed by atoms with Gasteiger partial charge in [-0.3, -0.25) is 4.84 Å². The Balaban J connectivity index is 2.75. The molecule has 7 nitrogen and oxygen atoms in total. The zero-order valence-corrected chi connectivity index (χ0v) is 7.13. The Bertz CT molecular complexity index is 449. The van der Waals surface area contributed by atoms with Crippen molar-refractivity contribution >= 4 is 40.7 Å². The number of nitrogens with one attached hydrogen (secondary N) is 2. The Labute approximate surface area is 77.6 Å². The van der Waals surface area contributed by atoms with Gasteiger partial charge in [0.15, 0.2) is 11.5 Å². The number of aromatic nitrogens is 4. The van der Waals surface area contributed by atoms with Gasteiger partial charge in [0, 0.05) is 11.8 Å². The lowest BCUT2D eigenvalue weighted by Gasteiger charge is -1.94. The summed E-state index contributed by atoms with van der Waals surface area (Å²) in [4.78, 5) is 16.6. The fourth-order valence-corrected chi connectivity index (χ4v) is 1.07. The van der Waals surface area contributed by atoms with Crippen LogP contribution in [-0.4, -0.2) is 19.9 Å². The summed E-state index contributed by atoms with van der Waals surface area (Å²) in [5.41, 5.74) is 11.8. The quantitative estimate of drug-likeness (QED) is 0.483.